The summed E-state index contributed by atoms with van der Waals surface area (Å²) < 4.78 is 13.0. The fraction of sp³-hybridized carbons (Fsp3) is 1.00. The van der Waals surface area contributed by atoms with Crippen molar-refractivity contribution in [1.82, 2.24) is 0 Å². The highest BCUT2D eigenvalue weighted by atomic mass is 19.1. The Morgan fingerprint density at radius 1 is 1.45 bits per heavy atom. The van der Waals surface area contributed by atoms with Crippen molar-refractivity contribution < 1.29 is 4.39 Å². The Kier molecular flexibility index (Phi) is 3.31. The zero-order valence-electron chi connectivity index (χ0n) is 7.22. The Morgan fingerprint density at radius 3 is 2.55 bits per heavy atom. The van der Waals surface area contributed by atoms with Gasteiger partial charge in [0, 0.05) is 0 Å². The van der Waals surface area contributed by atoms with Crippen LogP contribution in [-0.4, -0.2) is 12.7 Å². The number of hydrogen-bond acceptors (Lipinski definition) is 1. The minimum Gasteiger partial charge on any atom is -0.330 e. The SMILES string of the molecule is CC(F)C1CCCCC1CN. The summed E-state index contributed by atoms with van der Waals surface area (Å²) in [6, 6.07) is 0. The maximum Gasteiger partial charge on any atom is 0.100 e. The summed E-state index contributed by atoms with van der Waals surface area (Å²) in [5, 5.41) is 0. The molecule has 1 aliphatic rings. The molecule has 0 aromatic heterocycles. The highest BCUT2D eigenvalue weighted by Crippen LogP contribution is 2.32. The van der Waals surface area contributed by atoms with E-state index in [2.05, 4.69) is 0 Å². The quantitative estimate of drug-likeness (QED) is 0.656. The number of nitrogens with two attached hydrogens (primary N) is 1. The molecule has 0 amide bonds. The van der Waals surface area contributed by atoms with Crippen molar-refractivity contribution in [1.29, 1.82) is 0 Å². The minimum atomic E-state index is -0.663. The van der Waals surface area contributed by atoms with E-state index in [4.69, 9.17) is 5.73 Å². The fourth-order valence-corrected chi connectivity index (χ4v) is 2.13. The lowest BCUT2D eigenvalue weighted by atomic mass is 9.77. The monoisotopic (exact) mass is 159 g/mol. The molecule has 1 rings (SSSR count). The van der Waals surface area contributed by atoms with Crippen molar-refractivity contribution in [2.24, 2.45) is 17.6 Å². The van der Waals surface area contributed by atoms with Gasteiger partial charge in [-0.2, -0.15) is 0 Å². The zero-order chi connectivity index (χ0) is 8.27. The van der Waals surface area contributed by atoms with E-state index in [1.54, 1.807) is 6.92 Å². The molecule has 0 aromatic rings. The van der Waals surface area contributed by atoms with Crippen LogP contribution >= 0.6 is 0 Å². The average molecular weight is 159 g/mol. The van der Waals surface area contributed by atoms with Gasteiger partial charge in [0.1, 0.15) is 6.17 Å². The first-order valence-corrected chi connectivity index (χ1v) is 4.60. The van der Waals surface area contributed by atoms with Crippen LogP contribution in [0.4, 0.5) is 4.39 Å². The van der Waals surface area contributed by atoms with Crippen molar-refractivity contribution in [2.75, 3.05) is 6.54 Å². The number of halogens is 1. The molecule has 0 radical (unpaired) electrons. The van der Waals surface area contributed by atoms with Crippen LogP contribution < -0.4 is 5.73 Å². The third kappa shape index (κ3) is 2.16. The predicted molar refractivity (Wildman–Crippen MR) is 45.1 cm³/mol. The van der Waals surface area contributed by atoms with Crippen LogP contribution in [0.5, 0.6) is 0 Å². The molecule has 1 saturated carbocycles. The maximum absolute atomic E-state index is 13.0. The average Bonchev–Trinajstić information content (AvgIpc) is 2.04. The van der Waals surface area contributed by atoms with Crippen molar-refractivity contribution in [3.05, 3.63) is 0 Å². The zero-order valence-corrected chi connectivity index (χ0v) is 7.22. The lowest BCUT2D eigenvalue weighted by molar-refractivity contribution is 0.136. The van der Waals surface area contributed by atoms with E-state index >= 15 is 0 Å². The topological polar surface area (TPSA) is 26.0 Å². The standard InChI is InChI=1S/C9H18FN/c1-7(10)9-5-3-2-4-8(9)6-11/h7-9H,2-6,11H2,1H3. The molecule has 0 bridgehead atoms. The van der Waals surface area contributed by atoms with Gasteiger partial charge in [-0.05, 0) is 38.1 Å². The second kappa shape index (κ2) is 4.05. The Hall–Kier alpha value is -0.110. The molecular weight excluding hydrogens is 141 g/mol. The van der Waals surface area contributed by atoms with E-state index in [1.807, 2.05) is 0 Å². The number of hydrogen-bond donors (Lipinski definition) is 1. The molecule has 1 nitrogen and oxygen atoms in total. The molecule has 1 aliphatic carbocycles. The summed E-state index contributed by atoms with van der Waals surface area (Å²) in [7, 11) is 0. The highest BCUT2D eigenvalue weighted by Gasteiger charge is 2.28. The molecule has 0 aromatic carbocycles. The molecule has 3 atom stereocenters. The predicted octanol–water partition coefficient (Wildman–Crippen LogP) is 2.11. The van der Waals surface area contributed by atoms with Crippen LogP contribution in [0.3, 0.4) is 0 Å². The normalized spacial score (nSPS) is 35.2. The van der Waals surface area contributed by atoms with Gasteiger partial charge in [-0.1, -0.05) is 12.8 Å². The van der Waals surface area contributed by atoms with Crippen LogP contribution in [0.1, 0.15) is 32.6 Å². The van der Waals surface area contributed by atoms with E-state index in [0.29, 0.717) is 12.5 Å². The first-order valence-electron chi connectivity index (χ1n) is 4.60. The van der Waals surface area contributed by atoms with E-state index in [9.17, 15) is 4.39 Å². The number of alkyl halides is 1. The molecule has 2 heteroatoms. The summed E-state index contributed by atoms with van der Waals surface area (Å²) >= 11 is 0. The first kappa shape index (κ1) is 8.98. The Balaban J connectivity index is 2.44. The van der Waals surface area contributed by atoms with Crippen LogP contribution in [0.2, 0.25) is 0 Å². The Morgan fingerprint density at radius 2 is 2.09 bits per heavy atom. The fourth-order valence-electron chi connectivity index (χ4n) is 2.13. The van der Waals surface area contributed by atoms with Gasteiger partial charge in [0.15, 0.2) is 0 Å². The van der Waals surface area contributed by atoms with Gasteiger partial charge in [0.25, 0.3) is 0 Å². The van der Waals surface area contributed by atoms with Crippen molar-refractivity contribution >= 4 is 0 Å². The molecule has 0 saturated heterocycles. The highest BCUT2D eigenvalue weighted by molar-refractivity contribution is 4.79. The van der Waals surface area contributed by atoms with Crippen LogP contribution in [0.15, 0.2) is 0 Å². The molecule has 2 N–H and O–H groups in total. The minimum absolute atomic E-state index is 0.244. The third-order valence-corrected chi connectivity index (χ3v) is 2.86. The summed E-state index contributed by atoms with van der Waals surface area (Å²) in [5.74, 6) is 0.692. The van der Waals surface area contributed by atoms with Crippen molar-refractivity contribution in [2.45, 2.75) is 38.8 Å². The molecule has 0 heterocycles. The summed E-state index contributed by atoms with van der Waals surface area (Å²) in [6.07, 6.45) is 3.94. The van der Waals surface area contributed by atoms with Crippen LogP contribution in [-0.2, 0) is 0 Å². The third-order valence-electron chi connectivity index (χ3n) is 2.86. The van der Waals surface area contributed by atoms with E-state index in [1.165, 1.54) is 12.8 Å². The first-order chi connectivity index (χ1) is 5.25. The van der Waals surface area contributed by atoms with Gasteiger partial charge in [-0.3, -0.25) is 0 Å². The lowest BCUT2D eigenvalue weighted by Crippen LogP contribution is -2.31. The van der Waals surface area contributed by atoms with Gasteiger partial charge in [0.05, 0.1) is 0 Å². The van der Waals surface area contributed by atoms with E-state index in [0.717, 1.165) is 12.8 Å². The van der Waals surface area contributed by atoms with Gasteiger partial charge >= 0.3 is 0 Å². The van der Waals surface area contributed by atoms with Crippen LogP contribution in [0.25, 0.3) is 0 Å². The van der Waals surface area contributed by atoms with Crippen molar-refractivity contribution in [3.63, 3.8) is 0 Å². The van der Waals surface area contributed by atoms with E-state index < -0.39 is 6.17 Å². The van der Waals surface area contributed by atoms with E-state index in [-0.39, 0.29) is 5.92 Å². The molecular formula is C9H18FN. The second-order valence-electron chi connectivity index (χ2n) is 3.62. The smallest absolute Gasteiger partial charge is 0.100 e. The lowest BCUT2D eigenvalue weighted by Gasteiger charge is -2.31. The Labute approximate surface area is 68.2 Å². The molecule has 0 spiro atoms. The van der Waals surface area contributed by atoms with Gasteiger partial charge in [-0.25, -0.2) is 4.39 Å². The summed E-state index contributed by atoms with van der Waals surface area (Å²) in [5.41, 5.74) is 5.56. The molecule has 3 unspecified atom stereocenters. The second-order valence-corrected chi connectivity index (χ2v) is 3.62. The van der Waals surface area contributed by atoms with Gasteiger partial charge in [0.2, 0.25) is 0 Å². The molecule has 11 heavy (non-hydrogen) atoms. The van der Waals surface area contributed by atoms with Crippen LogP contribution in [0, 0.1) is 11.8 Å². The molecule has 66 valence electrons. The molecule has 0 aliphatic heterocycles. The Bertz CT molecular complexity index is 114. The van der Waals surface area contributed by atoms with Gasteiger partial charge < -0.3 is 5.73 Å². The summed E-state index contributed by atoms with van der Waals surface area (Å²) in [4.78, 5) is 0. The molecule has 1 fully saturated rings. The number of rotatable bonds is 2. The largest absolute Gasteiger partial charge is 0.330 e. The maximum atomic E-state index is 13.0. The van der Waals surface area contributed by atoms with Gasteiger partial charge in [-0.15, -0.1) is 0 Å². The van der Waals surface area contributed by atoms with Crippen molar-refractivity contribution in [3.8, 4) is 0 Å². The summed E-state index contributed by atoms with van der Waals surface area (Å²) in [6.45, 7) is 2.33.